The molecule has 1 saturated carbocycles. The summed E-state index contributed by atoms with van der Waals surface area (Å²) in [6.45, 7) is 6.16. The van der Waals surface area contributed by atoms with Gasteiger partial charge in [0.2, 0.25) is 0 Å². The Morgan fingerprint density at radius 3 is 2.65 bits per heavy atom. The maximum atomic E-state index is 6.06. The van der Waals surface area contributed by atoms with E-state index in [9.17, 15) is 0 Å². The Balaban J connectivity index is 2.10. The van der Waals surface area contributed by atoms with E-state index >= 15 is 0 Å². The zero-order valence-corrected chi connectivity index (χ0v) is 11.0. The van der Waals surface area contributed by atoms with Crippen LogP contribution in [0.1, 0.15) is 38.4 Å². The molecule has 0 atom stereocenters. The van der Waals surface area contributed by atoms with Crippen molar-refractivity contribution in [3.05, 3.63) is 5.69 Å². The fraction of sp³-hybridized carbons (Fsp3) is 0.750. The van der Waals surface area contributed by atoms with E-state index in [1.165, 1.54) is 0 Å². The average Bonchev–Trinajstić information content (AvgIpc) is 2.50. The summed E-state index contributed by atoms with van der Waals surface area (Å²) in [6.07, 6.45) is 2.47. The van der Waals surface area contributed by atoms with Crippen molar-refractivity contribution in [1.29, 1.82) is 0 Å². The standard InChI is InChI=1S/C12H22N4O/c1-7(2)16-12(11(13)8(3)15-16)14-9-5-10(6-9)17-4/h7,9-10,14H,5-6,13H2,1-4H3. The number of nitrogens with two attached hydrogens (primary N) is 1. The lowest BCUT2D eigenvalue weighted by Crippen LogP contribution is -2.40. The summed E-state index contributed by atoms with van der Waals surface area (Å²) in [4.78, 5) is 0. The second-order valence-electron chi connectivity index (χ2n) is 5.06. The van der Waals surface area contributed by atoms with Crippen molar-refractivity contribution >= 4 is 11.5 Å². The molecule has 1 fully saturated rings. The lowest BCUT2D eigenvalue weighted by molar-refractivity contribution is 0.0327. The zero-order chi connectivity index (χ0) is 12.6. The lowest BCUT2D eigenvalue weighted by atomic mass is 9.89. The SMILES string of the molecule is COC1CC(Nc2c(N)c(C)nn2C(C)C)C1. The molecule has 1 aliphatic carbocycles. The van der Waals surface area contributed by atoms with Gasteiger partial charge in [0.05, 0.1) is 17.5 Å². The summed E-state index contributed by atoms with van der Waals surface area (Å²) in [7, 11) is 1.76. The van der Waals surface area contributed by atoms with E-state index in [1.54, 1.807) is 7.11 Å². The molecule has 0 spiro atoms. The van der Waals surface area contributed by atoms with E-state index in [1.807, 2.05) is 11.6 Å². The molecule has 1 aromatic rings. The molecule has 17 heavy (non-hydrogen) atoms. The quantitative estimate of drug-likeness (QED) is 0.841. The van der Waals surface area contributed by atoms with E-state index in [4.69, 9.17) is 10.5 Å². The van der Waals surface area contributed by atoms with E-state index in [0.717, 1.165) is 30.0 Å². The molecule has 0 amide bonds. The lowest BCUT2D eigenvalue weighted by Gasteiger charge is -2.35. The van der Waals surface area contributed by atoms with Crippen LogP contribution in [0.2, 0.25) is 0 Å². The maximum absolute atomic E-state index is 6.06. The summed E-state index contributed by atoms with van der Waals surface area (Å²) >= 11 is 0. The van der Waals surface area contributed by atoms with Gasteiger partial charge in [0.25, 0.3) is 0 Å². The number of rotatable bonds is 4. The van der Waals surface area contributed by atoms with Gasteiger partial charge in [0.1, 0.15) is 5.82 Å². The van der Waals surface area contributed by atoms with Crippen LogP contribution in [0.25, 0.3) is 0 Å². The second kappa shape index (κ2) is 4.56. The molecular weight excluding hydrogens is 216 g/mol. The minimum Gasteiger partial charge on any atom is -0.394 e. The number of nitrogen functional groups attached to an aromatic ring is 1. The van der Waals surface area contributed by atoms with Crippen LogP contribution in [0.15, 0.2) is 0 Å². The molecule has 0 aliphatic heterocycles. The zero-order valence-electron chi connectivity index (χ0n) is 11.0. The summed E-state index contributed by atoms with van der Waals surface area (Å²) in [5.74, 6) is 0.956. The monoisotopic (exact) mass is 238 g/mol. The molecule has 2 rings (SSSR count). The Kier molecular flexibility index (Phi) is 3.28. The van der Waals surface area contributed by atoms with Gasteiger partial charge >= 0.3 is 0 Å². The fourth-order valence-corrected chi connectivity index (χ4v) is 2.15. The molecular formula is C12H22N4O. The highest BCUT2D eigenvalue weighted by Gasteiger charge is 2.30. The molecule has 1 aromatic heterocycles. The molecule has 0 radical (unpaired) electrons. The third kappa shape index (κ3) is 2.24. The van der Waals surface area contributed by atoms with Crippen molar-refractivity contribution in [2.45, 2.75) is 51.8 Å². The first-order valence-electron chi connectivity index (χ1n) is 6.16. The van der Waals surface area contributed by atoms with E-state index < -0.39 is 0 Å². The van der Waals surface area contributed by atoms with Gasteiger partial charge in [-0.15, -0.1) is 0 Å². The largest absolute Gasteiger partial charge is 0.394 e. The van der Waals surface area contributed by atoms with E-state index in [0.29, 0.717) is 18.2 Å². The minimum atomic E-state index is 0.312. The summed E-state index contributed by atoms with van der Waals surface area (Å²) in [6, 6.07) is 0.766. The molecule has 0 saturated heterocycles. The van der Waals surface area contributed by atoms with E-state index in [2.05, 4.69) is 24.3 Å². The average molecular weight is 238 g/mol. The predicted molar refractivity (Wildman–Crippen MR) is 69.2 cm³/mol. The van der Waals surface area contributed by atoms with Gasteiger partial charge in [-0.3, -0.25) is 0 Å². The van der Waals surface area contributed by atoms with Crippen molar-refractivity contribution in [2.24, 2.45) is 0 Å². The van der Waals surface area contributed by atoms with Crippen molar-refractivity contribution in [1.82, 2.24) is 9.78 Å². The summed E-state index contributed by atoms with van der Waals surface area (Å²) in [5, 5.41) is 7.94. The Hall–Kier alpha value is -1.23. The highest BCUT2D eigenvalue weighted by Crippen LogP contribution is 2.31. The number of aromatic nitrogens is 2. The third-order valence-corrected chi connectivity index (χ3v) is 3.39. The van der Waals surface area contributed by atoms with Crippen LogP contribution in [0, 0.1) is 6.92 Å². The molecule has 96 valence electrons. The van der Waals surface area contributed by atoms with Crippen LogP contribution in [0.5, 0.6) is 0 Å². The predicted octanol–water partition coefficient (Wildman–Crippen LogP) is 1.94. The molecule has 0 aromatic carbocycles. The summed E-state index contributed by atoms with van der Waals surface area (Å²) < 4.78 is 7.24. The summed E-state index contributed by atoms with van der Waals surface area (Å²) in [5.41, 5.74) is 7.71. The number of hydrogen-bond acceptors (Lipinski definition) is 4. The normalized spacial score (nSPS) is 23.8. The number of anilines is 2. The van der Waals surface area contributed by atoms with Crippen LogP contribution in [-0.4, -0.2) is 29.0 Å². The molecule has 0 unspecified atom stereocenters. The first kappa shape index (κ1) is 12.2. The highest BCUT2D eigenvalue weighted by molar-refractivity contribution is 5.65. The van der Waals surface area contributed by atoms with Crippen molar-refractivity contribution in [3.63, 3.8) is 0 Å². The highest BCUT2D eigenvalue weighted by atomic mass is 16.5. The molecule has 0 bridgehead atoms. The van der Waals surface area contributed by atoms with Gasteiger partial charge in [-0.05, 0) is 33.6 Å². The third-order valence-electron chi connectivity index (χ3n) is 3.39. The van der Waals surface area contributed by atoms with Crippen LogP contribution in [-0.2, 0) is 4.74 Å². The Bertz CT molecular complexity index is 393. The Morgan fingerprint density at radius 2 is 2.12 bits per heavy atom. The van der Waals surface area contributed by atoms with Crippen LogP contribution < -0.4 is 11.1 Å². The van der Waals surface area contributed by atoms with Crippen molar-refractivity contribution in [2.75, 3.05) is 18.2 Å². The van der Waals surface area contributed by atoms with Crippen molar-refractivity contribution < 1.29 is 4.74 Å². The van der Waals surface area contributed by atoms with E-state index in [-0.39, 0.29) is 0 Å². The Labute approximate surface area is 102 Å². The smallest absolute Gasteiger partial charge is 0.148 e. The van der Waals surface area contributed by atoms with Crippen molar-refractivity contribution in [3.8, 4) is 0 Å². The number of hydrogen-bond donors (Lipinski definition) is 2. The molecule has 1 heterocycles. The molecule has 3 N–H and O–H groups in total. The molecule has 5 nitrogen and oxygen atoms in total. The van der Waals surface area contributed by atoms with Gasteiger partial charge in [0.15, 0.2) is 0 Å². The van der Waals surface area contributed by atoms with Gasteiger partial charge in [0, 0.05) is 19.2 Å². The number of nitrogens with one attached hydrogen (secondary N) is 1. The fourth-order valence-electron chi connectivity index (χ4n) is 2.15. The van der Waals surface area contributed by atoms with Gasteiger partial charge in [-0.25, -0.2) is 4.68 Å². The van der Waals surface area contributed by atoms with Crippen LogP contribution in [0.4, 0.5) is 11.5 Å². The van der Waals surface area contributed by atoms with Crippen LogP contribution in [0.3, 0.4) is 0 Å². The number of nitrogens with zero attached hydrogens (tertiary/aromatic N) is 2. The Morgan fingerprint density at radius 1 is 1.47 bits per heavy atom. The number of aryl methyl sites for hydroxylation is 1. The number of methoxy groups -OCH3 is 1. The second-order valence-corrected chi connectivity index (χ2v) is 5.06. The number of ether oxygens (including phenoxy) is 1. The minimum absolute atomic E-state index is 0.312. The van der Waals surface area contributed by atoms with Crippen LogP contribution >= 0.6 is 0 Å². The van der Waals surface area contributed by atoms with Gasteiger partial charge in [-0.2, -0.15) is 5.10 Å². The maximum Gasteiger partial charge on any atom is 0.148 e. The van der Waals surface area contributed by atoms with Gasteiger partial charge in [-0.1, -0.05) is 0 Å². The first-order chi connectivity index (χ1) is 8.02. The molecule has 1 aliphatic rings. The molecule has 5 heteroatoms. The first-order valence-corrected chi connectivity index (χ1v) is 6.16. The topological polar surface area (TPSA) is 65.1 Å². The van der Waals surface area contributed by atoms with Gasteiger partial charge < -0.3 is 15.8 Å².